The van der Waals surface area contributed by atoms with E-state index in [-0.39, 0.29) is 24.8 Å². The van der Waals surface area contributed by atoms with Crippen LogP contribution in [-0.2, 0) is 17.8 Å². The van der Waals surface area contributed by atoms with Gasteiger partial charge in [0.25, 0.3) is 0 Å². The largest absolute Gasteiger partial charge is 0.486 e. The molecule has 6 nitrogen and oxygen atoms in total. The highest BCUT2D eigenvalue weighted by molar-refractivity contribution is 7.09. The molecule has 2 aromatic carbocycles. The molecule has 0 aliphatic rings. The van der Waals surface area contributed by atoms with Gasteiger partial charge in [0, 0.05) is 18.0 Å². The quantitative estimate of drug-likeness (QED) is 0.519. The Balaban J connectivity index is 1.33. The zero-order chi connectivity index (χ0) is 19.5. The Morgan fingerprint density at radius 3 is 2.86 bits per heavy atom. The van der Waals surface area contributed by atoms with E-state index in [2.05, 4.69) is 15.3 Å². The number of amides is 1. The second-order valence-corrected chi connectivity index (χ2v) is 7.06. The number of fused-ring (bicyclic) bond motifs is 1. The fourth-order valence-corrected chi connectivity index (χ4v) is 3.37. The molecule has 2 aromatic heterocycles. The van der Waals surface area contributed by atoms with Gasteiger partial charge in [0.15, 0.2) is 11.5 Å². The van der Waals surface area contributed by atoms with Gasteiger partial charge >= 0.3 is 0 Å². The molecule has 1 N–H and O–H groups in total. The maximum atomic E-state index is 12.9. The first-order chi connectivity index (χ1) is 13.5. The second-order valence-electron chi connectivity index (χ2n) is 6.12. The Morgan fingerprint density at radius 1 is 1.21 bits per heavy atom. The molecule has 142 valence electrons. The molecule has 4 rings (SSSR count). The van der Waals surface area contributed by atoms with Crippen LogP contribution >= 0.6 is 11.3 Å². The number of aromatic nitrogens is 2. The van der Waals surface area contributed by atoms with Crippen molar-refractivity contribution in [3.05, 3.63) is 70.3 Å². The summed E-state index contributed by atoms with van der Waals surface area (Å²) in [4.78, 5) is 21.0. The molecule has 0 aliphatic heterocycles. The number of oxazole rings is 1. The summed E-state index contributed by atoms with van der Waals surface area (Å²) >= 11 is 1.41. The summed E-state index contributed by atoms with van der Waals surface area (Å²) in [5, 5.41) is 5.41. The summed E-state index contributed by atoms with van der Waals surface area (Å²) < 4.78 is 23.9. The van der Waals surface area contributed by atoms with Crippen LogP contribution in [-0.4, -0.2) is 15.9 Å². The highest BCUT2D eigenvalue weighted by atomic mass is 32.1. The number of halogens is 1. The van der Waals surface area contributed by atoms with Crippen molar-refractivity contribution in [2.24, 2.45) is 0 Å². The van der Waals surface area contributed by atoms with Gasteiger partial charge in [-0.3, -0.25) is 4.79 Å². The molecule has 0 aliphatic carbocycles. The average Bonchev–Trinajstić information content (AvgIpc) is 3.26. The molecule has 0 bridgehead atoms. The number of nitrogens with zero attached hydrogens (tertiary/aromatic N) is 2. The molecule has 1 amide bonds. The number of hydrogen-bond acceptors (Lipinski definition) is 6. The Labute approximate surface area is 164 Å². The average molecular weight is 397 g/mol. The molecule has 0 fully saturated rings. The van der Waals surface area contributed by atoms with Gasteiger partial charge < -0.3 is 14.5 Å². The summed E-state index contributed by atoms with van der Waals surface area (Å²) in [5.41, 5.74) is 2.70. The molecule has 0 saturated heterocycles. The number of ether oxygens (including phenoxy) is 1. The number of nitrogens with one attached hydrogen (secondary N) is 1. The van der Waals surface area contributed by atoms with Crippen LogP contribution in [0.25, 0.3) is 11.1 Å². The smallest absolute Gasteiger partial charge is 0.230 e. The summed E-state index contributed by atoms with van der Waals surface area (Å²) in [6, 6.07) is 11.1. The van der Waals surface area contributed by atoms with Crippen LogP contribution in [0.4, 0.5) is 10.1 Å². The van der Waals surface area contributed by atoms with E-state index in [9.17, 15) is 9.18 Å². The van der Waals surface area contributed by atoms with Crippen LogP contribution < -0.4 is 10.1 Å². The molecular formula is C20H16FN3O3S. The van der Waals surface area contributed by atoms with Crippen molar-refractivity contribution >= 4 is 34.0 Å². The standard InChI is InChI=1S/C20H16FN3O3S/c1-12-22-17-8-14(4-7-18(17)27-12)23-19(25)9-15-11-28-20(24-15)10-26-16-5-2-13(21)3-6-16/h2-8,11H,9-10H2,1H3,(H,23,25). The third kappa shape index (κ3) is 4.34. The van der Waals surface area contributed by atoms with Crippen molar-refractivity contribution < 1.29 is 18.3 Å². The highest BCUT2D eigenvalue weighted by Crippen LogP contribution is 2.20. The first kappa shape index (κ1) is 18.1. The van der Waals surface area contributed by atoms with E-state index in [1.54, 1.807) is 37.3 Å². The third-order valence-corrected chi connectivity index (χ3v) is 4.77. The van der Waals surface area contributed by atoms with E-state index >= 15 is 0 Å². The fourth-order valence-electron chi connectivity index (χ4n) is 2.66. The van der Waals surface area contributed by atoms with Crippen LogP contribution in [0.2, 0.25) is 0 Å². The molecule has 0 spiro atoms. The molecule has 0 saturated carbocycles. The first-order valence-electron chi connectivity index (χ1n) is 8.54. The van der Waals surface area contributed by atoms with Crippen molar-refractivity contribution in [1.29, 1.82) is 0 Å². The van der Waals surface area contributed by atoms with E-state index in [1.165, 1.54) is 23.5 Å². The summed E-state index contributed by atoms with van der Waals surface area (Å²) in [6.07, 6.45) is 0.156. The monoisotopic (exact) mass is 397 g/mol. The number of benzene rings is 2. The summed E-state index contributed by atoms with van der Waals surface area (Å²) in [7, 11) is 0. The predicted molar refractivity (Wildman–Crippen MR) is 104 cm³/mol. The van der Waals surface area contributed by atoms with E-state index in [0.717, 1.165) is 5.01 Å². The SMILES string of the molecule is Cc1nc2cc(NC(=O)Cc3csc(COc4ccc(F)cc4)n3)ccc2o1. The van der Waals surface area contributed by atoms with Crippen molar-refractivity contribution in [3.63, 3.8) is 0 Å². The van der Waals surface area contributed by atoms with Gasteiger partial charge in [-0.1, -0.05) is 0 Å². The molecule has 0 unspecified atom stereocenters. The molecule has 4 aromatic rings. The minimum absolute atomic E-state index is 0.156. The first-order valence-corrected chi connectivity index (χ1v) is 9.42. The molecule has 2 heterocycles. The molecule has 28 heavy (non-hydrogen) atoms. The Morgan fingerprint density at radius 2 is 2.04 bits per heavy atom. The molecule has 0 radical (unpaired) electrons. The maximum Gasteiger partial charge on any atom is 0.230 e. The van der Waals surface area contributed by atoms with E-state index < -0.39 is 0 Å². The van der Waals surface area contributed by atoms with Gasteiger partial charge in [0.05, 0.1) is 12.1 Å². The number of aryl methyl sites for hydroxylation is 1. The lowest BCUT2D eigenvalue weighted by Crippen LogP contribution is -2.14. The normalized spacial score (nSPS) is 10.9. The zero-order valence-electron chi connectivity index (χ0n) is 14.9. The highest BCUT2D eigenvalue weighted by Gasteiger charge is 2.10. The minimum atomic E-state index is -0.312. The van der Waals surface area contributed by atoms with Gasteiger partial charge in [0.2, 0.25) is 5.91 Å². The zero-order valence-corrected chi connectivity index (χ0v) is 15.8. The lowest BCUT2D eigenvalue weighted by Gasteiger charge is -2.04. The summed E-state index contributed by atoms with van der Waals surface area (Å²) in [6.45, 7) is 2.04. The lowest BCUT2D eigenvalue weighted by atomic mass is 10.2. The van der Waals surface area contributed by atoms with Crippen LogP contribution in [0.15, 0.2) is 52.3 Å². The van der Waals surface area contributed by atoms with Gasteiger partial charge in [-0.2, -0.15) is 0 Å². The topological polar surface area (TPSA) is 77.2 Å². The van der Waals surface area contributed by atoms with E-state index in [0.29, 0.717) is 34.1 Å². The van der Waals surface area contributed by atoms with Crippen molar-refractivity contribution in [2.75, 3.05) is 5.32 Å². The minimum Gasteiger partial charge on any atom is -0.486 e. The predicted octanol–water partition coefficient (Wildman–Crippen LogP) is 4.49. The van der Waals surface area contributed by atoms with Crippen LogP contribution in [0.3, 0.4) is 0 Å². The summed E-state index contributed by atoms with van der Waals surface area (Å²) in [5.74, 6) is 0.661. The van der Waals surface area contributed by atoms with E-state index in [4.69, 9.17) is 9.15 Å². The van der Waals surface area contributed by atoms with Crippen LogP contribution in [0, 0.1) is 12.7 Å². The Kier molecular flexibility index (Phi) is 5.03. The van der Waals surface area contributed by atoms with Crippen LogP contribution in [0.5, 0.6) is 5.75 Å². The third-order valence-electron chi connectivity index (χ3n) is 3.90. The number of carbonyl (C=O) groups excluding carboxylic acids is 1. The van der Waals surface area contributed by atoms with Crippen molar-refractivity contribution in [3.8, 4) is 5.75 Å². The van der Waals surface area contributed by atoms with Crippen LogP contribution in [0.1, 0.15) is 16.6 Å². The van der Waals surface area contributed by atoms with Gasteiger partial charge in [-0.15, -0.1) is 11.3 Å². The van der Waals surface area contributed by atoms with Gasteiger partial charge in [0.1, 0.15) is 28.7 Å². The maximum absolute atomic E-state index is 12.9. The number of anilines is 1. The van der Waals surface area contributed by atoms with Crippen molar-refractivity contribution in [2.45, 2.75) is 20.0 Å². The number of carbonyl (C=O) groups is 1. The number of hydrogen-bond donors (Lipinski definition) is 1. The number of thiazole rings is 1. The van der Waals surface area contributed by atoms with E-state index in [1.807, 2.05) is 5.38 Å². The fraction of sp³-hybridized carbons (Fsp3) is 0.150. The Hall–Kier alpha value is -3.26. The van der Waals surface area contributed by atoms with Gasteiger partial charge in [-0.05, 0) is 42.5 Å². The molecule has 0 atom stereocenters. The lowest BCUT2D eigenvalue weighted by molar-refractivity contribution is -0.115. The number of rotatable bonds is 6. The molecular weight excluding hydrogens is 381 g/mol. The van der Waals surface area contributed by atoms with Gasteiger partial charge in [-0.25, -0.2) is 14.4 Å². The Bertz CT molecular complexity index is 1120. The molecule has 8 heteroatoms. The second kappa shape index (κ2) is 7.77. The van der Waals surface area contributed by atoms with Crippen molar-refractivity contribution in [1.82, 2.24) is 9.97 Å².